The Morgan fingerprint density at radius 3 is 2.77 bits per heavy atom. The molecule has 0 bridgehead atoms. The number of carbonyl (C=O) groups is 1. The van der Waals surface area contributed by atoms with Gasteiger partial charge in [-0.1, -0.05) is 17.7 Å². The zero-order chi connectivity index (χ0) is 20.9. The fourth-order valence-corrected chi connectivity index (χ4v) is 3.27. The van der Waals surface area contributed by atoms with Crippen molar-refractivity contribution >= 4 is 22.5 Å². The molecule has 2 aromatic carbocycles. The molecule has 0 saturated carbocycles. The van der Waals surface area contributed by atoms with Crippen molar-refractivity contribution in [2.45, 2.75) is 26.3 Å². The molecule has 0 aliphatic rings. The number of ether oxygens (including phenoxy) is 1. The van der Waals surface area contributed by atoms with Crippen LogP contribution in [0.3, 0.4) is 0 Å². The molecule has 0 atom stereocenters. The van der Waals surface area contributed by atoms with Crippen LogP contribution in [0.2, 0.25) is 0 Å². The molecule has 0 aliphatic heterocycles. The van der Waals surface area contributed by atoms with Crippen molar-refractivity contribution in [3.05, 3.63) is 66.2 Å². The van der Waals surface area contributed by atoms with E-state index in [9.17, 15) is 4.79 Å². The summed E-state index contributed by atoms with van der Waals surface area (Å²) in [7, 11) is 1.69. The standard InChI is InChI=1S/C23H24N4O3/c1-16-3-5-17(6-4-16)23-26-25-22(30-23)10-9-21(28)24-19-7-8-20-18(15-19)11-12-27(20)13-14-29-2/h3-8,11-12,15H,9-10,13-14H2,1-2H3,(H,24,28). The highest BCUT2D eigenvalue weighted by Crippen LogP contribution is 2.21. The third-order valence-corrected chi connectivity index (χ3v) is 4.92. The summed E-state index contributed by atoms with van der Waals surface area (Å²) in [5, 5.41) is 12.1. The monoisotopic (exact) mass is 404 g/mol. The Morgan fingerprint density at radius 1 is 1.13 bits per heavy atom. The number of benzene rings is 2. The Morgan fingerprint density at radius 2 is 1.97 bits per heavy atom. The molecule has 1 amide bonds. The maximum atomic E-state index is 12.4. The summed E-state index contributed by atoms with van der Waals surface area (Å²) in [4.78, 5) is 12.4. The largest absolute Gasteiger partial charge is 0.421 e. The summed E-state index contributed by atoms with van der Waals surface area (Å²) in [5.41, 5.74) is 3.91. The minimum atomic E-state index is -0.0942. The SMILES string of the molecule is COCCn1ccc2cc(NC(=O)CCc3nnc(-c4ccc(C)cc4)o3)ccc21. The van der Waals surface area contributed by atoms with Gasteiger partial charge >= 0.3 is 0 Å². The highest BCUT2D eigenvalue weighted by molar-refractivity contribution is 5.94. The minimum Gasteiger partial charge on any atom is -0.421 e. The molecule has 2 heterocycles. The molecule has 4 rings (SSSR count). The molecule has 1 N–H and O–H groups in total. The lowest BCUT2D eigenvalue weighted by molar-refractivity contribution is -0.116. The van der Waals surface area contributed by atoms with Crippen molar-refractivity contribution in [1.29, 1.82) is 0 Å². The van der Waals surface area contributed by atoms with Crippen LogP contribution < -0.4 is 5.32 Å². The Kier molecular flexibility index (Phi) is 5.90. The first-order valence-electron chi connectivity index (χ1n) is 9.89. The Balaban J connectivity index is 1.34. The van der Waals surface area contributed by atoms with Gasteiger partial charge in [0.2, 0.25) is 17.7 Å². The number of aromatic nitrogens is 3. The highest BCUT2D eigenvalue weighted by Gasteiger charge is 2.11. The van der Waals surface area contributed by atoms with Crippen molar-refractivity contribution in [3.8, 4) is 11.5 Å². The van der Waals surface area contributed by atoms with Crippen molar-refractivity contribution in [2.75, 3.05) is 19.0 Å². The van der Waals surface area contributed by atoms with Gasteiger partial charge in [-0.3, -0.25) is 4.79 Å². The molecule has 2 aromatic heterocycles. The van der Waals surface area contributed by atoms with Crippen LogP contribution in [0.1, 0.15) is 17.9 Å². The zero-order valence-corrected chi connectivity index (χ0v) is 17.1. The average Bonchev–Trinajstić information content (AvgIpc) is 3.38. The van der Waals surface area contributed by atoms with Gasteiger partial charge in [-0.25, -0.2) is 0 Å². The molecule has 0 spiro atoms. The molecular formula is C23H24N4O3. The van der Waals surface area contributed by atoms with E-state index in [4.69, 9.17) is 9.15 Å². The number of nitrogens with zero attached hydrogens (tertiary/aromatic N) is 3. The first kappa shape index (κ1) is 19.8. The molecule has 7 nitrogen and oxygen atoms in total. The van der Waals surface area contributed by atoms with Crippen LogP contribution in [0.15, 0.2) is 59.1 Å². The van der Waals surface area contributed by atoms with Gasteiger partial charge < -0.3 is 19.0 Å². The zero-order valence-electron chi connectivity index (χ0n) is 17.1. The molecule has 4 aromatic rings. The normalized spacial score (nSPS) is 11.1. The number of nitrogens with one attached hydrogen (secondary N) is 1. The van der Waals surface area contributed by atoms with Crippen LogP contribution in [0.4, 0.5) is 5.69 Å². The predicted octanol–water partition coefficient (Wildman–Crippen LogP) is 4.22. The van der Waals surface area contributed by atoms with Gasteiger partial charge in [0.15, 0.2) is 0 Å². The summed E-state index contributed by atoms with van der Waals surface area (Å²) in [6.07, 6.45) is 2.68. The third-order valence-electron chi connectivity index (χ3n) is 4.92. The van der Waals surface area contributed by atoms with Gasteiger partial charge in [-0.2, -0.15) is 0 Å². The molecule has 154 valence electrons. The van der Waals surface area contributed by atoms with Crippen LogP contribution in [0, 0.1) is 6.92 Å². The van der Waals surface area contributed by atoms with Gasteiger partial charge in [-0.15, -0.1) is 10.2 Å². The van der Waals surface area contributed by atoms with Crippen LogP contribution in [0.5, 0.6) is 0 Å². The maximum Gasteiger partial charge on any atom is 0.247 e. The van der Waals surface area contributed by atoms with Crippen LogP contribution in [0.25, 0.3) is 22.4 Å². The highest BCUT2D eigenvalue weighted by atomic mass is 16.5. The number of fused-ring (bicyclic) bond motifs is 1. The average molecular weight is 404 g/mol. The van der Waals surface area contributed by atoms with Crippen molar-refractivity contribution in [1.82, 2.24) is 14.8 Å². The smallest absolute Gasteiger partial charge is 0.247 e. The summed E-state index contributed by atoms with van der Waals surface area (Å²) in [5.74, 6) is 0.823. The Hall–Kier alpha value is -3.45. The Labute approximate surface area is 174 Å². The minimum absolute atomic E-state index is 0.0942. The van der Waals surface area contributed by atoms with E-state index in [2.05, 4.69) is 20.1 Å². The molecule has 0 fully saturated rings. The number of aryl methyl sites for hydroxylation is 2. The predicted molar refractivity (Wildman–Crippen MR) is 115 cm³/mol. The first-order valence-corrected chi connectivity index (χ1v) is 9.89. The van der Waals surface area contributed by atoms with Gasteiger partial charge in [0.05, 0.1) is 6.61 Å². The van der Waals surface area contributed by atoms with E-state index < -0.39 is 0 Å². The molecule has 30 heavy (non-hydrogen) atoms. The fourth-order valence-electron chi connectivity index (χ4n) is 3.27. The number of methoxy groups -OCH3 is 1. The van der Waals surface area contributed by atoms with E-state index in [-0.39, 0.29) is 12.3 Å². The summed E-state index contributed by atoms with van der Waals surface area (Å²) >= 11 is 0. The quantitative estimate of drug-likeness (QED) is 0.476. The second-order valence-corrected chi connectivity index (χ2v) is 7.19. The van der Waals surface area contributed by atoms with Crippen LogP contribution >= 0.6 is 0 Å². The first-order chi connectivity index (χ1) is 14.6. The van der Waals surface area contributed by atoms with E-state index in [0.717, 1.165) is 28.7 Å². The lowest BCUT2D eigenvalue weighted by Gasteiger charge is -2.07. The van der Waals surface area contributed by atoms with Crippen LogP contribution in [-0.2, 0) is 22.5 Å². The maximum absolute atomic E-state index is 12.4. The second-order valence-electron chi connectivity index (χ2n) is 7.19. The van der Waals surface area contributed by atoms with E-state index >= 15 is 0 Å². The van der Waals surface area contributed by atoms with Gasteiger partial charge in [0, 0.05) is 54.8 Å². The van der Waals surface area contributed by atoms with Crippen LogP contribution in [-0.4, -0.2) is 34.4 Å². The van der Waals surface area contributed by atoms with E-state index in [1.165, 1.54) is 5.56 Å². The van der Waals surface area contributed by atoms with Gasteiger partial charge in [0.25, 0.3) is 0 Å². The van der Waals surface area contributed by atoms with Gasteiger partial charge in [0.1, 0.15) is 0 Å². The summed E-state index contributed by atoms with van der Waals surface area (Å²) in [6.45, 7) is 3.47. The number of anilines is 1. The van der Waals surface area contributed by atoms with E-state index in [1.807, 2.05) is 61.7 Å². The summed E-state index contributed by atoms with van der Waals surface area (Å²) in [6, 6.07) is 15.8. The molecule has 7 heteroatoms. The molecule has 0 unspecified atom stereocenters. The number of carbonyl (C=O) groups excluding carboxylic acids is 1. The fraction of sp³-hybridized carbons (Fsp3) is 0.261. The number of hydrogen-bond acceptors (Lipinski definition) is 5. The van der Waals surface area contributed by atoms with Crippen molar-refractivity contribution < 1.29 is 13.9 Å². The van der Waals surface area contributed by atoms with Crippen molar-refractivity contribution in [2.24, 2.45) is 0 Å². The molecule has 0 radical (unpaired) electrons. The third kappa shape index (κ3) is 4.58. The number of rotatable bonds is 8. The molecule has 0 aliphatic carbocycles. The van der Waals surface area contributed by atoms with Crippen molar-refractivity contribution in [3.63, 3.8) is 0 Å². The molecule has 0 saturated heterocycles. The van der Waals surface area contributed by atoms with E-state index in [1.54, 1.807) is 7.11 Å². The number of hydrogen-bond donors (Lipinski definition) is 1. The number of amides is 1. The lowest BCUT2D eigenvalue weighted by Crippen LogP contribution is -2.12. The Bertz CT molecular complexity index is 1140. The summed E-state index contributed by atoms with van der Waals surface area (Å²) < 4.78 is 13.0. The van der Waals surface area contributed by atoms with Gasteiger partial charge in [-0.05, 0) is 43.3 Å². The molecular weight excluding hydrogens is 380 g/mol. The lowest BCUT2D eigenvalue weighted by atomic mass is 10.1. The van der Waals surface area contributed by atoms with E-state index in [0.29, 0.717) is 24.8 Å². The second kappa shape index (κ2) is 8.92. The topological polar surface area (TPSA) is 82.2 Å².